The summed E-state index contributed by atoms with van der Waals surface area (Å²) in [6, 6.07) is 0.409. The second-order valence-corrected chi connectivity index (χ2v) is 6.68. The van der Waals surface area contributed by atoms with Crippen molar-refractivity contribution in [2.75, 3.05) is 11.9 Å². The number of amides is 2. The van der Waals surface area contributed by atoms with E-state index in [1.807, 2.05) is 0 Å². The van der Waals surface area contributed by atoms with Crippen molar-refractivity contribution in [3.63, 3.8) is 0 Å². The van der Waals surface area contributed by atoms with Crippen molar-refractivity contribution < 1.29 is 28.2 Å². The molecule has 3 N–H and O–H groups in total. The molecule has 0 aliphatic carbocycles. The molecule has 2 fully saturated rings. The summed E-state index contributed by atoms with van der Waals surface area (Å²) >= 11 is 5.88. The first kappa shape index (κ1) is 18.1. The molecule has 144 valence electrons. The van der Waals surface area contributed by atoms with Crippen LogP contribution in [0.2, 0.25) is 5.02 Å². The molecule has 2 amide bonds. The Morgan fingerprint density at radius 3 is 2.93 bits per heavy atom. The third-order valence-corrected chi connectivity index (χ3v) is 4.68. The van der Waals surface area contributed by atoms with Gasteiger partial charge in [-0.3, -0.25) is 4.68 Å². The Balaban J connectivity index is 1.49. The van der Waals surface area contributed by atoms with E-state index in [9.17, 15) is 18.7 Å². The van der Waals surface area contributed by atoms with E-state index in [0.29, 0.717) is 11.1 Å². The normalized spacial score (nSPS) is 29.6. The summed E-state index contributed by atoms with van der Waals surface area (Å²) in [5.74, 6) is -1.68. The number of hydrogen-bond donors (Lipinski definition) is 3. The summed E-state index contributed by atoms with van der Waals surface area (Å²) in [6.07, 6.45) is 0.483. The highest BCUT2D eigenvalue weighted by atomic mass is 35.5. The van der Waals surface area contributed by atoms with Crippen LogP contribution in [0.1, 0.15) is 6.04 Å². The zero-order chi connectivity index (χ0) is 19.1. The molecule has 2 aliphatic heterocycles. The van der Waals surface area contributed by atoms with Crippen LogP contribution in [0.4, 0.5) is 19.3 Å². The first-order valence-corrected chi connectivity index (χ1v) is 8.47. The molecular formula is C16H15ClF2N4O4. The fourth-order valence-electron chi connectivity index (χ4n) is 3.24. The molecule has 4 rings (SSSR count). The fraction of sp³-hybridized carbons (Fsp3) is 0.375. The summed E-state index contributed by atoms with van der Waals surface area (Å²) in [4.78, 5) is 12.3. The van der Waals surface area contributed by atoms with Crippen LogP contribution in [0.15, 0.2) is 30.6 Å². The van der Waals surface area contributed by atoms with Crippen LogP contribution in [-0.4, -0.2) is 52.1 Å². The van der Waals surface area contributed by atoms with Crippen LogP contribution < -0.4 is 10.6 Å². The maximum Gasteiger partial charge on any atom is 0.319 e. The Bertz CT molecular complexity index is 867. The number of urea groups is 1. The summed E-state index contributed by atoms with van der Waals surface area (Å²) in [5, 5.41) is 20.0. The topological polar surface area (TPSA) is 97.6 Å². The van der Waals surface area contributed by atoms with Gasteiger partial charge in [0.15, 0.2) is 6.29 Å². The van der Waals surface area contributed by atoms with Crippen molar-refractivity contribution in [2.24, 2.45) is 0 Å². The van der Waals surface area contributed by atoms with Crippen LogP contribution in [0.25, 0.3) is 0 Å². The fourth-order valence-corrected chi connectivity index (χ4v) is 3.38. The SMILES string of the molecule is O=C(Nc1ccc(F)cc1F)NC1C2COC(O2)C(n2cc(Cl)cn2)C1O. The number of benzene rings is 1. The Kier molecular flexibility index (Phi) is 4.72. The van der Waals surface area contributed by atoms with E-state index in [4.69, 9.17) is 21.1 Å². The van der Waals surface area contributed by atoms with Gasteiger partial charge in [0.05, 0.1) is 29.6 Å². The lowest BCUT2D eigenvalue weighted by molar-refractivity contribution is -0.166. The maximum atomic E-state index is 13.7. The molecule has 2 bridgehead atoms. The van der Waals surface area contributed by atoms with Crippen molar-refractivity contribution in [1.82, 2.24) is 15.1 Å². The van der Waals surface area contributed by atoms with E-state index >= 15 is 0 Å². The van der Waals surface area contributed by atoms with Gasteiger partial charge in [-0.05, 0) is 12.1 Å². The van der Waals surface area contributed by atoms with Gasteiger partial charge in [-0.1, -0.05) is 11.6 Å². The molecule has 0 saturated carbocycles. The number of carbonyl (C=O) groups is 1. The van der Waals surface area contributed by atoms with E-state index in [1.54, 1.807) is 0 Å². The van der Waals surface area contributed by atoms with Gasteiger partial charge in [0.2, 0.25) is 0 Å². The number of ether oxygens (including phenoxy) is 2. The molecule has 3 heterocycles. The third kappa shape index (κ3) is 3.48. The van der Waals surface area contributed by atoms with Gasteiger partial charge < -0.3 is 25.2 Å². The molecule has 1 aromatic heterocycles. The van der Waals surface area contributed by atoms with E-state index in [0.717, 1.165) is 12.1 Å². The van der Waals surface area contributed by atoms with Crippen LogP contribution in [0.3, 0.4) is 0 Å². The van der Waals surface area contributed by atoms with E-state index < -0.39 is 48.2 Å². The highest BCUT2D eigenvalue weighted by Crippen LogP contribution is 2.35. The van der Waals surface area contributed by atoms with E-state index in [2.05, 4.69) is 15.7 Å². The van der Waals surface area contributed by atoms with Gasteiger partial charge in [0.25, 0.3) is 0 Å². The van der Waals surface area contributed by atoms with Crippen molar-refractivity contribution >= 4 is 23.3 Å². The zero-order valence-corrected chi connectivity index (χ0v) is 14.4. The largest absolute Gasteiger partial charge is 0.388 e. The molecule has 27 heavy (non-hydrogen) atoms. The number of anilines is 1. The summed E-state index contributed by atoms with van der Waals surface area (Å²) < 4.78 is 39.3. The Morgan fingerprint density at radius 2 is 2.22 bits per heavy atom. The highest BCUT2D eigenvalue weighted by molar-refractivity contribution is 6.30. The molecule has 0 radical (unpaired) electrons. The van der Waals surface area contributed by atoms with Crippen molar-refractivity contribution in [1.29, 1.82) is 0 Å². The van der Waals surface area contributed by atoms with Crippen LogP contribution in [-0.2, 0) is 9.47 Å². The zero-order valence-electron chi connectivity index (χ0n) is 13.7. The first-order chi connectivity index (χ1) is 12.9. The second kappa shape index (κ2) is 7.04. The second-order valence-electron chi connectivity index (χ2n) is 6.24. The molecule has 8 nitrogen and oxygen atoms in total. The number of halogens is 3. The van der Waals surface area contributed by atoms with E-state index in [-0.39, 0.29) is 12.3 Å². The van der Waals surface area contributed by atoms with Crippen molar-refractivity contribution in [3.8, 4) is 0 Å². The number of aromatic nitrogens is 2. The minimum atomic E-state index is -1.10. The quantitative estimate of drug-likeness (QED) is 0.728. The standard InChI is InChI=1S/C16H15ClF2N4O4/c17-7-4-20-23(5-7)13-14(24)12(11-6-26-15(13)27-11)22-16(25)21-10-2-1-8(18)3-9(10)19/h1-5,11-15,24H,6H2,(H2,21,22,25). The van der Waals surface area contributed by atoms with Gasteiger partial charge in [0, 0.05) is 12.3 Å². The van der Waals surface area contributed by atoms with Crippen LogP contribution in [0.5, 0.6) is 0 Å². The molecular weight excluding hydrogens is 386 g/mol. The van der Waals surface area contributed by atoms with Gasteiger partial charge in [0.1, 0.15) is 29.9 Å². The van der Waals surface area contributed by atoms with Crippen LogP contribution >= 0.6 is 11.6 Å². The number of nitrogens with one attached hydrogen (secondary N) is 2. The maximum absolute atomic E-state index is 13.7. The molecule has 2 aliphatic rings. The third-order valence-electron chi connectivity index (χ3n) is 4.48. The number of rotatable bonds is 3. The van der Waals surface area contributed by atoms with Crippen molar-refractivity contribution in [3.05, 3.63) is 47.2 Å². The summed E-state index contributed by atoms with van der Waals surface area (Å²) in [7, 11) is 0. The Morgan fingerprint density at radius 1 is 1.41 bits per heavy atom. The first-order valence-electron chi connectivity index (χ1n) is 8.10. The molecule has 2 saturated heterocycles. The number of carbonyl (C=O) groups excluding carboxylic acids is 1. The lowest BCUT2D eigenvalue weighted by Crippen LogP contribution is -2.59. The van der Waals surface area contributed by atoms with Gasteiger partial charge >= 0.3 is 6.03 Å². The number of hydrogen-bond acceptors (Lipinski definition) is 5. The lowest BCUT2D eigenvalue weighted by Gasteiger charge is -2.38. The van der Waals surface area contributed by atoms with Gasteiger partial charge in [-0.25, -0.2) is 13.6 Å². The number of aliphatic hydroxyl groups excluding tert-OH is 1. The minimum absolute atomic E-state index is 0.156. The Labute approximate surface area is 157 Å². The monoisotopic (exact) mass is 400 g/mol. The van der Waals surface area contributed by atoms with Gasteiger partial charge in [-0.2, -0.15) is 5.10 Å². The molecule has 1 aromatic carbocycles. The van der Waals surface area contributed by atoms with Gasteiger partial charge in [-0.15, -0.1) is 0 Å². The summed E-state index contributed by atoms with van der Waals surface area (Å²) in [5.41, 5.74) is -0.198. The summed E-state index contributed by atoms with van der Waals surface area (Å²) in [6.45, 7) is 0.156. The number of fused-ring (bicyclic) bond motifs is 2. The molecule has 5 unspecified atom stereocenters. The average Bonchev–Trinajstić information content (AvgIpc) is 3.23. The molecule has 2 aromatic rings. The highest BCUT2D eigenvalue weighted by Gasteiger charge is 2.51. The average molecular weight is 401 g/mol. The Hall–Kier alpha value is -2.27. The van der Waals surface area contributed by atoms with Crippen LogP contribution in [0, 0.1) is 11.6 Å². The van der Waals surface area contributed by atoms with Crippen molar-refractivity contribution in [2.45, 2.75) is 30.6 Å². The molecule has 11 heteroatoms. The number of nitrogens with zero attached hydrogens (tertiary/aromatic N) is 2. The number of aliphatic hydroxyl groups is 1. The lowest BCUT2D eigenvalue weighted by atomic mass is 9.96. The minimum Gasteiger partial charge on any atom is -0.388 e. The smallest absolute Gasteiger partial charge is 0.319 e. The predicted octanol–water partition coefficient (Wildman–Crippen LogP) is 1.66. The molecule has 0 spiro atoms. The predicted molar refractivity (Wildman–Crippen MR) is 89.2 cm³/mol. The van der Waals surface area contributed by atoms with E-state index in [1.165, 1.54) is 17.1 Å². The molecule has 5 atom stereocenters.